The van der Waals surface area contributed by atoms with Crippen LogP contribution in [0.3, 0.4) is 0 Å². The predicted octanol–water partition coefficient (Wildman–Crippen LogP) is 5.35. The van der Waals surface area contributed by atoms with Gasteiger partial charge in [0.05, 0.1) is 28.9 Å². The van der Waals surface area contributed by atoms with E-state index >= 15 is 0 Å². The molecular weight excluding hydrogens is 605 g/mol. The second-order valence-electron chi connectivity index (χ2n) is 9.82. The first-order valence-electron chi connectivity index (χ1n) is 13.5. The number of carbonyl (C=O) groups is 5. The Morgan fingerprint density at radius 1 is 0.814 bits per heavy atom. The lowest BCUT2D eigenvalue weighted by molar-refractivity contribution is -0.166. The fourth-order valence-corrected chi connectivity index (χ4v) is 4.98. The molecule has 1 aliphatic rings. The molecule has 0 aliphatic heterocycles. The molecule has 43 heavy (non-hydrogen) atoms. The molecule has 1 unspecified atom stereocenters. The minimum atomic E-state index is -1.03. The van der Waals surface area contributed by atoms with E-state index in [0.29, 0.717) is 16.5 Å². The summed E-state index contributed by atoms with van der Waals surface area (Å²) < 4.78 is 24.8. The van der Waals surface area contributed by atoms with Crippen LogP contribution in [0.2, 0.25) is 10.0 Å². The lowest BCUT2D eigenvalue weighted by atomic mass is 9.76. The first-order chi connectivity index (χ1) is 20.5. The second kappa shape index (κ2) is 16.1. The van der Waals surface area contributed by atoms with Gasteiger partial charge in [0.25, 0.3) is 0 Å². The van der Waals surface area contributed by atoms with Gasteiger partial charge in [-0.25, -0.2) is 4.79 Å². The van der Waals surface area contributed by atoms with Crippen LogP contribution in [0.4, 0.5) is 4.79 Å². The van der Waals surface area contributed by atoms with E-state index in [1.807, 2.05) is 36.4 Å². The lowest BCUT2D eigenvalue weighted by Gasteiger charge is -2.36. The number of esters is 4. The molecule has 11 nitrogen and oxygen atoms in total. The Morgan fingerprint density at radius 2 is 1.44 bits per heavy atom. The van der Waals surface area contributed by atoms with Gasteiger partial charge >= 0.3 is 30.0 Å². The maximum Gasteiger partial charge on any atom is 0.412 e. The SMILES string of the molecule is CC(=O)OCC(COC(C)=O)OC(=O)CCC(=O)OCOC(=O)N(C)C1CC[C@@H](c2ccc(Cl)c(Cl)c2)c2ccccc21. The molecule has 0 radical (unpaired) electrons. The number of hydrogen-bond donors (Lipinski definition) is 0. The van der Waals surface area contributed by atoms with Gasteiger partial charge in [-0.2, -0.15) is 0 Å². The van der Waals surface area contributed by atoms with E-state index in [1.54, 1.807) is 13.1 Å². The smallest absolute Gasteiger partial charge is 0.412 e. The third-order valence-corrected chi connectivity index (χ3v) is 7.48. The van der Waals surface area contributed by atoms with Gasteiger partial charge in [0.2, 0.25) is 6.79 Å². The zero-order valence-corrected chi connectivity index (χ0v) is 25.5. The molecule has 0 bridgehead atoms. The fraction of sp³-hybridized carbons (Fsp3) is 0.433. The Hall–Kier alpha value is -3.83. The summed E-state index contributed by atoms with van der Waals surface area (Å²) in [6.45, 7) is 1.08. The average Bonchev–Trinajstić information content (AvgIpc) is 2.97. The van der Waals surface area contributed by atoms with Crippen molar-refractivity contribution in [3.8, 4) is 0 Å². The number of benzene rings is 2. The topological polar surface area (TPSA) is 135 Å². The van der Waals surface area contributed by atoms with Crippen molar-refractivity contribution >= 4 is 53.2 Å². The molecule has 13 heteroatoms. The van der Waals surface area contributed by atoms with Crippen LogP contribution in [0, 0.1) is 0 Å². The Labute approximate surface area is 259 Å². The maximum absolute atomic E-state index is 12.8. The average molecular weight is 638 g/mol. The highest BCUT2D eigenvalue weighted by atomic mass is 35.5. The largest absolute Gasteiger partial charge is 0.462 e. The minimum Gasteiger partial charge on any atom is -0.462 e. The number of fused-ring (bicyclic) bond motifs is 1. The molecule has 0 saturated heterocycles. The molecule has 1 amide bonds. The van der Waals surface area contributed by atoms with Crippen molar-refractivity contribution in [2.24, 2.45) is 0 Å². The number of nitrogens with zero attached hydrogens (tertiary/aromatic N) is 1. The molecule has 0 fully saturated rings. The van der Waals surface area contributed by atoms with Crippen molar-refractivity contribution in [3.05, 3.63) is 69.2 Å². The van der Waals surface area contributed by atoms with Gasteiger partial charge < -0.3 is 28.6 Å². The van der Waals surface area contributed by atoms with E-state index in [2.05, 4.69) is 0 Å². The predicted molar refractivity (Wildman–Crippen MR) is 154 cm³/mol. The van der Waals surface area contributed by atoms with Crippen LogP contribution in [-0.4, -0.2) is 68.0 Å². The zero-order chi connectivity index (χ0) is 31.5. The molecule has 0 aromatic heterocycles. The van der Waals surface area contributed by atoms with E-state index in [-0.39, 0.29) is 38.0 Å². The molecular formula is C30H33Cl2NO10. The van der Waals surface area contributed by atoms with Crippen LogP contribution < -0.4 is 0 Å². The molecule has 232 valence electrons. The van der Waals surface area contributed by atoms with Gasteiger partial charge in [-0.15, -0.1) is 0 Å². The van der Waals surface area contributed by atoms with Gasteiger partial charge in [-0.1, -0.05) is 53.5 Å². The van der Waals surface area contributed by atoms with Crippen molar-refractivity contribution in [2.75, 3.05) is 27.1 Å². The third-order valence-electron chi connectivity index (χ3n) is 6.74. The zero-order valence-electron chi connectivity index (χ0n) is 24.0. The quantitative estimate of drug-likeness (QED) is 0.170. The fourth-order valence-electron chi connectivity index (χ4n) is 4.68. The molecule has 1 aliphatic carbocycles. The molecule has 0 spiro atoms. The van der Waals surface area contributed by atoms with Crippen LogP contribution in [0.5, 0.6) is 0 Å². The number of ether oxygens (including phenoxy) is 5. The summed E-state index contributed by atoms with van der Waals surface area (Å²) in [5, 5.41) is 0.963. The number of amides is 1. The van der Waals surface area contributed by atoms with Crippen LogP contribution >= 0.6 is 23.2 Å². The first kappa shape index (κ1) is 33.7. The number of hydrogen-bond acceptors (Lipinski definition) is 10. The Morgan fingerprint density at radius 3 is 2.07 bits per heavy atom. The maximum atomic E-state index is 12.8. The number of carbonyl (C=O) groups excluding carboxylic acids is 5. The van der Waals surface area contributed by atoms with E-state index < -0.39 is 42.9 Å². The molecule has 0 N–H and O–H groups in total. The van der Waals surface area contributed by atoms with E-state index in [9.17, 15) is 24.0 Å². The number of halogens is 2. The molecule has 2 atom stereocenters. The van der Waals surface area contributed by atoms with Crippen molar-refractivity contribution in [1.82, 2.24) is 4.90 Å². The summed E-state index contributed by atoms with van der Waals surface area (Å²) in [4.78, 5) is 60.6. The second-order valence-corrected chi connectivity index (χ2v) is 10.6. The van der Waals surface area contributed by atoms with Crippen LogP contribution in [0.1, 0.15) is 68.2 Å². The Bertz CT molecular complexity index is 1320. The van der Waals surface area contributed by atoms with Crippen molar-refractivity contribution in [2.45, 2.75) is 57.6 Å². The Balaban J connectivity index is 1.48. The van der Waals surface area contributed by atoms with Gasteiger partial charge in [-0.3, -0.25) is 19.2 Å². The first-order valence-corrected chi connectivity index (χ1v) is 14.3. The van der Waals surface area contributed by atoms with Gasteiger partial charge in [0.15, 0.2) is 6.10 Å². The summed E-state index contributed by atoms with van der Waals surface area (Å²) >= 11 is 12.4. The van der Waals surface area contributed by atoms with E-state index in [0.717, 1.165) is 23.1 Å². The summed E-state index contributed by atoms with van der Waals surface area (Å²) in [5.41, 5.74) is 3.07. The monoisotopic (exact) mass is 637 g/mol. The summed E-state index contributed by atoms with van der Waals surface area (Å²) in [5.74, 6) is -2.72. The van der Waals surface area contributed by atoms with E-state index in [4.69, 9.17) is 46.9 Å². The molecule has 2 aromatic carbocycles. The highest BCUT2D eigenvalue weighted by molar-refractivity contribution is 6.42. The molecule has 0 saturated carbocycles. The minimum absolute atomic E-state index is 0.0814. The summed E-state index contributed by atoms with van der Waals surface area (Å²) in [7, 11) is 1.61. The van der Waals surface area contributed by atoms with Crippen molar-refractivity contribution in [1.29, 1.82) is 0 Å². The molecule has 2 aromatic rings. The summed E-state index contributed by atoms with van der Waals surface area (Å²) in [6, 6.07) is 13.2. The van der Waals surface area contributed by atoms with Crippen LogP contribution in [-0.2, 0) is 42.9 Å². The van der Waals surface area contributed by atoms with Gasteiger partial charge in [0.1, 0.15) is 13.2 Å². The van der Waals surface area contributed by atoms with Crippen molar-refractivity contribution < 1.29 is 47.7 Å². The molecule has 3 rings (SSSR count). The summed E-state index contributed by atoms with van der Waals surface area (Å²) in [6.07, 6.45) is -1.01. The van der Waals surface area contributed by atoms with Crippen LogP contribution in [0.25, 0.3) is 0 Å². The third kappa shape index (κ3) is 10.1. The van der Waals surface area contributed by atoms with Crippen LogP contribution in [0.15, 0.2) is 42.5 Å². The number of rotatable bonds is 12. The van der Waals surface area contributed by atoms with Crippen molar-refractivity contribution in [3.63, 3.8) is 0 Å². The van der Waals surface area contributed by atoms with Gasteiger partial charge in [0, 0.05) is 26.8 Å². The standard InChI is InChI=1S/C30H33Cl2NO10/c1-18(34)39-15-21(16-40-19(2)35)43-29(37)13-12-28(36)41-17-42-30(38)33(3)27-11-9-22(23-6-4-5-7-24(23)27)20-8-10-25(31)26(32)14-20/h4-8,10,14,21-22,27H,9,11-13,15-17H2,1-3H3/t22-,27?/m0/s1. The highest BCUT2D eigenvalue weighted by Crippen LogP contribution is 2.44. The Kier molecular flexibility index (Phi) is 12.6. The normalized spacial score (nSPS) is 15.6. The van der Waals surface area contributed by atoms with E-state index in [1.165, 1.54) is 18.7 Å². The molecule has 0 heterocycles. The lowest BCUT2D eigenvalue weighted by Crippen LogP contribution is -2.35. The van der Waals surface area contributed by atoms with Gasteiger partial charge in [-0.05, 0) is 41.7 Å². The highest BCUT2D eigenvalue weighted by Gasteiger charge is 2.33.